The molecular weight excluding hydrogens is 274 g/mol. The zero-order chi connectivity index (χ0) is 16.4. The van der Waals surface area contributed by atoms with Crippen LogP contribution in [0.25, 0.3) is 0 Å². The van der Waals surface area contributed by atoms with Gasteiger partial charge in [-0.05, 0) is 27.2 Å². The van der Waals surface area contributed by atoms with Crippen LogP contribution in [0.5, 0.6) is 0 Å². The van der Waals surface area contributed by atoms with Gasteiger partial charge < -0.3 is 5.32 Å². The summed E-state index contributed by atoms with van der Waals surface area (Å²) in [4.78, 5) is 47.1. The first-order valence-electron chi connectivity index (χ1n) is 6.71. The molecule has 0 aliphatic carbocycles. The molecule has 0 saturated carbocycles. The Labute approximate surface area is 122 Å². The van der Waals surface area contributed by atoms with Crippen LogP contribution >= 0.6 is 0 Å². The maximum Gasteiger partial charge on any atom is 0.331 e. The molecule has 7 nitrogen and oxygen atoms in total. The molecule has 1 N–H and O–H groups in total. The minimum Gasteiger partial charge on any atom is -0.350 e. The van der Waals surface area contributed by atoms with Gasteiger partial charge in [-0.2, -0.15) is 0 Å². The van der Waals surface area contributed by atoms with Crippen LogP contribution in [-0.2, 0) is 18.4 Å². The molecule has 0 aromatic carbocycles. The third kappa shape index (κ3) is 3.90. The van der Waals surface area contributed by atoms with Crippen molar-refractivity contribution < 1.29 is 9.59 Å². The van der Waals surface area contributed by atoms with Crippen LogP contribution in [0.1, 0.15) is 44.5 Å². The molecule has 1 rings (SSSR count). The van der Waals surface area contributed by atoms with Crippen molar-refractivity contribution >= 4 is 11.7 Å². The predicted molar refractivity (Wildman–Crippen MR) is 78.5 cm³/mol. The summed E-state index contributed by atoms with van der Waals surface area (Å²) < 4.78 is 1.90. The van der Waals surface area contributed by atoms with Crippen molar-refractivity contribution in [3.63, 3.8) is 0 Å². The van der Waals surface area contributed by atoms with Gasteiger partial charge in [0.2, 0.25) is 5.91 Å². The van der Waals surface area contributed by atoms with E-state index in [1.165, 1.54) is 14.0 Å². The van der Waals surface area contributed by atoms with Gasteiger partial charge >= 0.3 is 5.69 Å². The number of Topliss-reactive ketones (excluding diaryl/α,β-unsaturated/α-hetero) is 1. The minimum absolute atomic E-state index is 0.111. The largest absolute Gasteiger partial charge is 0.350 e. The quantitative estimate of drug-likeness (QED) is 0.777. The van der Waals surface area contributed by atoms with E-state index in [0.29, 0.717) is 0 Å². The van der Waals surface area contributed by atoms with Gasteiger partial charge in [-0.15, -0.1) is 0 Å². The SMILES string of the molecule is CCC(C)(C)NC(=O)Cn1cc(C(C)=O)c(=O)n(C)c1=O. The third-order valence-corrected chi connectivity index (χ3v) is 3.41. The van der Waals surface area contributed by atoms with Crippen molar-refractivity contribution in [1.82, 2.24) is 14.5 Å². The molecule has 7 heteroatoms. The lowest BCUT2D eigenvalue weighted by Crippen LogP contribution is -2.47. The number of rotatable bonds is 5. The minimum atomic E-state index is -0.655. The summed E-state index contributed by atoms with van der Waals surface area (Å²) >= 11 is 0. The number of carbonyl (C=O) groups is 2. The zero-order valence-electron chi connectivity index (χ0n) is 13.0. The van der Waals surface area contributed by atoms with Crippen LogP contribution in [0.3, 0.4) is 0 Å². The average Bonchev–Trinajstić information content (AvgIpc) is 2.38. The molecular formula is C14H21N3O4. The van der Waals surface area contributed by atoms with E-state index in [-0.39, 0.29) is 23.6 Å². The second kappa shape index (κ2) is 6.07. The third-order valence-electron chi connectivity index (χ3n) is 3.41. The van der Waals surface area contributed by atoms with Crippen LogP contribution in [0.2, 0.25) is 0 Å². The highest BCUT2D eigenvalue weighted by molar-refractivity contribution is 5.93. The molecule has 1 heterocycles. The van der Waals surface area contributed by atoms with Gasteiger partial charge in [0.15, 0.2) is 5.78 Å². The first-order valence-corrected chi connectivity index (χ1v) is 6.71. The van der Waals surface area contributed by atoms with Crippen molar-refractivity contribution in [2.75, 3.05) is 0 Å². The van der Waals surface area contributed by atoms with E-state index in [0.717, 1.165) is 21.8 Å². The Kier molecular flexibility index (Phi) is 4.88. The van der Waals surface area contributed by atoms with E-state index in [2.05, 4.69) is 5.32 Å². The highest BCUT2D eigenvalue weighted by atomic mass is 16.2. The van der Waals surface area contributed by atoms with E-state index in [1.54, 1.807) is 0 Å². The monoisotopic (exact) mass is 295 g/mol. The van der Waals surface area contributed by atoms with Crippen molar-refractivity contribution in [2.45, 2.75) is 46.2 Å². The number of nitrogens with zero attached hydrogens (tertiary/aromatic N) is 2. The Morgan fingerprint density at radius 2 is 1.86 bits per heavy atom. The van der Waals surface area contributed by atoms with E-state index >= 15 is 0 Å². The number of carbonyl (C=O) groups excluding carboxylic acids is 2. The van der Waals surface area contributed by atoms with E-state index in [1.807, 2.05) is 20.8 Å². The molecule has 116 valence electrons. The fourth-order valence-corrected chi connectivity index (χ4v) is 1.74. The van der Waals surface area contributed by atoms with Crippen molar-refractivity contribution in [3.8, 4) is 0 Å². The molecule has 0 radical (unpaired) electrons. The predicted octanol–water partition coefficient (Wildman–Crippen LogP) is 0.0544. The number of nitrogens with one attached hydrogen (secondary N) is 1. The lowest BCUT2D eigenvalue weighted by Gasteiger charge is -2.24. The summed E-state index contributed by atoms with van der Waals surface area (Å²) in [7, 11) is 1.28. The van der Waals surface area contributed by atoms with E-state index in [9.17, 15) is 19.2 Å². The molecule has 0 aliphatic heterocycles. The molecule has 0 saturated heterocycles. The Hall–Kier alpha value is -2.18. The lowest BCUT2D eigenvalue weighted by atomic mass is 10.0. The van der Waals surface area contributed by atoms with Gasteiger partial charge in [-0.3, -0.25) is 23.5 Å². The second-order valence-electron chi connectivity index (χ2n) is 5.66. The number of amides is 1. The van der Waals surface area contributed by atoms with Crippen LogP contribution in [-0.4, -0.2) is 26.4 Å². The number of hydrogen-bond acceptors (Lipinski definition) is 4. The van der Waals surface area contributed by atoms with E-state index in [4.69, 9.17) is 0 Å². The van der Waals surface area contributed by atoms with Crippen molar-refractivity contribution in [1.29, 1.82) is 0 Å². The molecule has 1 amide bonds. The summed E-state index contributed by atoms with van der Waals surface area (Å²) in [5.41, 5.74) is -1.78. The summed E-state index contributed by atoms with van der Waals surface area (Å²) in [6.45, 7) is 6.68. The van der Waals surface area contributed by atoms with E-state index < -0.39 is 17.0 Å². The fourth-order valence-electron chi connectivity index (χ4n) is 1.74. The Morgan fingerprint density at radius 1 is 1.29 bits per heavy atom. The molecule has 0 unspecified atom stereocenters. The highest BCUT2D eigenvalue weighted by Gasteiger charge is 2.19. The smallest absolute Gasteiger partial charge is 0.331 e. The molecule has 1 aromatic rings. The lowest BCUT2D eigenvalue weighted by molar-refractivity contribution is -0.123. The maximum absolute atomic E-state index is 12.0. The van der Waals surface area contributed by atoms with Gasteiger partial charge in [-0.25, -0.2) is 4.79 Å². The Bertz CT molecular complexity index is 682. The molecule has 1 aromatic heterocycles. The zero-order valence-corrected chi connectivity index (χ0v) is 13.0. The molecule has 0 spiro atoms. The molecule has 21 heavy (non-hydrogen) atoms. The molecule has 0 bridgehead atoms. The van der Waals surface area contributed by atoms with Crippen LogP contribution in [0.4, 0.5) is 0 Å². The summed E-state index contributed by atoms with van der Waals surface area (Å²) in [5.74, 6) is -0.796. The number of hydrogen-bond donors (Lipinski definition) is 1. The summed E-state index contributed by atoms with van der Waals surface area (Å²) in [5, 5.41) is 2.79. The van der Waals surface area contributed by atoms with Crippen LogP contribution in [0, 0.1) is 0 Å². The average molecular weight is 295 g/mol. The fraction of sp³-hybridized carbons (Fsp3) is 0.571. The second-order valence-corrected chi connectivity index (χ2v) is 5.66. The van der Waals surface area contributed by atoms with Gasteiger partial charge in [0.1, 0.15) is 6.54 Å². The van der Waals surface area contributed by atoms with Crippen LogP contribution in [0.15, 0.2) is 15.8 Å². The summed E-state index contributed by atoms with van der Waals surface area (Å²) in [6.07, 6.45) is 1.88. The van der Waals surface area contributed by atoms with Gasteiger partial charge in [0.25, 0.3) is 5.56 Å². The van der Waals surface area contributed by atoms with Crippen LogP contribution < -0.4 is 16.6 Å². The Balaban J connectivity index is 3.16. The maximum atomic E-state index is 12.0. The van der Waals surface area contributed by atoms with Gasteiger partial charge in [-0.1, -0.05) is 6.92 Å². The molecule has 0 atom stereocenters. The first kappa shape index (κ1) is 16.9. The highest BCUT2D eigenvalue weighted by Crippen LogP contribution is 2.06. The standard InChI is InChI=1S/C14H21N3O4/c1-6-14(3,4)15-11(19)8-17-7-10(9(2)18)12(20)16(5)13(17)21/h7H,6,8H2,1-5H3,(H,15,19). The van der Waals surface area contributed by atoms with Crippen molar-refractivity contribution in [2.24, 2.45) is 7.05 Å². The Morgan fingerprint density at radius 3 is 2.33 bits per heavy atom. The first-order chi connectivity index (χ1) is 9.59. The van der Waals surface area contributed by atoms with Crippen molar-refractivity contribution in [3.05, 3.63) is 32.6 Å². The number of aromatic nitrogens is 2. The van der Waals surface area contributed by atoms with Gasteiger partial charge in [0.05, 0.1) is 5.56 Å². The number of ketones is 1. The molecule has 0 aliphatic rings. The molecule has 0 fully saturated rings. The topological polar surface area (TPSA) is 90.2 Å². The summed E-state index contributed by atoms with van der Waals surface area (Å²) in [6, 6.07) is 0. The normalized spacial score (nSPS) is 11.3. The van der Waals surface area contributed by atoms with Gasteiger partial charge in [0, 0.05) is 18.8 Å².